The molecule has 0 atom stereocenters. The van der Waals surface area contributed by atoms with Crippen LogP contribution in [0.4, 0.5) is 4.79 Å². The lowest BCUT2D eigenvalue weighted by Crippen LogP contribution is -2.26. The summed E-state index contributed by atoms with van der Waals surface area (Å²) in [5.41, 5.74) is 1.03. The molecule has 0 aliphatic rings. The molecule has 0 aliphatic carbocycles. The number of halogens is 1. The van der Waals surface area contributed by atoms with Crippen molar-refractivity contribution in [1.29, 1.82) is 0 Å². The molecule has 0 aliphatic heterocycles. The molecule has 1 amide bonds. The van der Waals surface area contributed by atoms with Crippen molar-refractivity contribution < 1.29 is 14.3 Å². The van der Waals surface area contributed by atoms with Crippen LogP contribution >= 0.6 is 27.7 Å². The monoisotopic (exact) mass is 421 g/mol. The van der Waals surface area contributed by atoms with Gasteiger partial charge in [0.25, 0.3) is 5.24 Å². The summed E-state index contributed by atoms with van der Waals surface area (Å²) >= 11 is 4.50. The lowest BCUT2D eigenvalue weighted by molar-refractivity contribution is 0.103. The Kier molecular flexibility index (Phi) is 7.08. The molecule has 2 rings (SSSR count). The van der Waals surface area contributed by atoms with Gasteiger partial charge in [-0.2, -0.15) is 0 Å². The average molecular weight is 422 g/mol. The topological polar surface area (TPSA) is 46.6 Å². The van der Waals surface area contributed by atoms with Gasteiger partial charge in [-0.05, 0) is 53.7 Å². The van der Waals surface area contributed by atoms with Crippen LogP contribution < -0.4 is 4.74 Å². The summed E-state index contributed by atoms with van der Waals surface area (Å²) in [7, 11) is 1.55. The minimum absolute atomic E-state index is 0.0795. The van der Waals surface area contributed by atoms with Crippen LogP contribution in [0.2, 0.25) is 0 Å². The second kappa shape index (κ2) is 9.06. The zero-order chi connectivity index (χ0) is 18.4. The highest BCUT2D eigenvalue weighted by Gasteiger charge is 2.21. The molecule has 6 heteroatoms. The van der Waals surface area contributed by atoms with Gasteiger partial charge < -0.3 is 9.64 Å². The average Bonchev–Trinajstić information content (AvgIpc) is 2.63. The molecule has 0 fully saturated rings. The van der Waals surface area contributed by atoms with Crippen molar-refractivity contribution in [1.82, 2.24) is 4.90 Å². The predicted molar refractivity (Wildman–Crippen MR) is 105 cm³/mol. The number of rotatable bonds is 6. The number of nitrogens with zero attached hydrogens (tertiary/aromatic N) is 1. The largest absolute Gasteiger partial charge is 0.496 e. The number of carbonyl (C=O) groups excluding carboxylic acids is 2. The van der Waals surface area contributed by atoms with Gasteiger partial charge in [0, 0.05) is 29.1 Å². The van der Waals surface area contributed by atoms with Crippen molar-refractivity contribution in [2.75, 3.05) is 20.2 Å². The molecule has 0 bridgehead atoms. The predicted octanol–water partition coefficient (Wildman–Crippen LogP) is 5.24. The van der Waals surface area contributed by atoms with Crippen molar-refractivity contribution in [3.63, 3.8) is 0 Å². The van der Waals surface area contributed by atoms with Crippen molar-refractivity contribution in [2.24, 2.45) is 0 Å². The Balaban J connectivity index is 2.46. The van der Waals surface area contributed by atoms with E-state index in [-0.39, 0.29) is 11.0 Å². The molecule has 0 saturated heterocycles. The van der Waals surface area contributed by atoms with Gasteiger partial charge in [0.15, 0.2) is 5.78 Å². The number of hydrogen-bond donors (Lipinski definition) is 0. The number of methoxy groups -OCH3 is 1. The first-order chi connectivity index (χ1) is 12.0. The minimum Gasteiger partial charge on any atom is -0.496 e. The van der Waals surface area contributed by atoms with E-state index in [1.54, 1.807) is 36.3 Å². The van der Waals surface area contributed by atoms with Gasteiger partial charge in [-0.1, -0.05) is 30.3 Å². The van der Waals surface area contributed by atoms with Crippen molar-refractivity contribution in [3.8, 4) is 5.75 Å². The van der Waals surface area contributed by atoms with E-state index in [9.17, 15) is 9.59 Å². The molecule has 4 nitrogen and oxygen atoms in total. The highest BCUT2D eigenvalue weighted by molar-refractivity contribution is 9.10. The SMILES string of the molecule is CCN(CC)C(=O)Sc1cc(Br)c(OC)cc1C(=O)c1ccccc1. The third-order valence-corrected chi connectivity index (χ3v) is 5.36. The summed E-state index contributed by atoms with van der Waals surface area (Å²) in [6.07, 6.45) is 0. The molecule has 0 aromatic heterocycles. The molecule has 2 aromatic rings. The maximum Gasteiger partial charge on any atom is 0.286 e. The number of ketones is 1. The van der Waals surface area contributed by atoms with E-state index >= 15 is 0 Å². The Bertz CT molecular complexity index is 761. The van der Waals surface area contributed by atoms with Gasteiger partial charge in [-0.25, -0.2) is 0 Å². The van der Waals surface area contributed by atoms with Gasteiger partial charge in [-0.3, -0.25) is 9.59 Å². The second-order valence-electron chi connectivity index (χ2n) is 5.22. The van der Waals surface area contributed by atoms with Crippen LogP contribution in [0.25, 0.3) is 0 Å². The fraction of sp³-hybridized carbons (Fsp3) is 0.263. The first kappa shape index (κ1) is 19.5. The van der Waals surface area contributed by atoms with Crippen LogP contribution in [0.1, 0.15) is 29.8 Å². The fourth-order valence-electron chi connectivity index (χ4n) is 2.34. The Labute approximate surface area is 160 Å². The Morgan fingerprint density at radius 1 is 1.12 bits per heavy atom. The minimum atomic E-state index is -0.138. The molecule has 0 saturated carbocycles. The molecule has 25 heavy (non-hydrogen) atoms. The van der Waals surface area contributed by atoms with E-state index < -0.39 is 0 Å². The van der Waals surface area contributed by atoms with Crippen molar-refractivity contribution >= 4 is 38.7 Å². The molecule has 2 aromatic carbocycles. The van der Waals surface area contributed by atoms with Crippen molar-refractivity contribution in [3.05, 3.63) is 58.1 Å². The van der Waals surface area contributed by atoms with Crippen LogP contribution in [-0.4, -0.2) is 36.1 Å². The number of thioether (sulfide) groups is 1. The normalized spacial score (nSPS) is 10.4. The van der Waals surface area contributed by atoms with Gasteiger partial charge in [0.1, 0.15) is 5.75 Å². The van der Waals surface area contributed by atoms with E-state index in [1.807, 2.05) is 32.0 Å². The summed E-state index contributed by atoms with van der Waals surface area (Å²) in [5.74, 6) is 0.417. The van der Waals surface area contributed by atoms with Gasteiger partial charge in [-0.15, -0.1) is 0 Å². The maximum absolute atomic E-state index is 12.9. The summed E-state index contributed by atoms with van der Waals surface area (Å²) in [5, 5.41) is -0.0795. The number of carbonyl (C=O) groups is 2. The van der Waals surface area contributed by atoms with E-state index in [4.69, 9.17) is 4.74 Å². The zero-order valence-corrected chi connectivity index (χ0v) is 16.8. The smallest absolute Gasteiger partial charge is 0.286 e. The molecular weight excluding hydrogens is 402 g/mol. The summed E-state index contributed by atoms with van der Waals surface area (Å²) < 4.78 is 6.02. The lowest BCUT2D eigenvalue weighted by Gasteiger charge is -2.19. The van der Waals surface area contributed by atoms with Crippen LogP contribution in [0.5, 0.6) is 5.75 Å². The van der Waals surface area contributed by atoms with E-state index in [0.717, 1.165) is 11.8 Å². The Morgan fingerprint density at radius 2 is 1.76 bits per heavy atom. The fourth-order valence-corrected chi connectivity index (χ4v) is 4.01. The van der Waals surface area contributed by atoms with Crippen molar-refractivity contribution in [2.45, 2.75) is 18.7 Å². The van der Waals surface area contributed by atoms with Crippen LogP contribution in [0, 0.1) is 0 Å². The van der Waals surface area contributed by atoms with Crippen LogP contribution in [0.15, 0.2) is 51.8 Å². The number of ether oxygens (including phenoxy) is 1. The molecule has 0 N–H and O–H groups in total. The highest BCUT2D eigenvalue weighted by Crippen LogP contribution is 2.35. The molecule has 0 unspecified atom stereocenters. The second-order valence-corrected chi connectivity index (χ2v) is 7.07. The number of amides is 1. The standard InChI is InChI=1S/C19H20BrNO3S/c1-4-21(5-2)19(23)25-17-12-15(20)16(24-3)11-14(17)18(22)13-9-7-6-8-10-13/h6-12H,4-5H2,1-3H3. The quantitative estimate of drug-likeness (QED) is 0.472. The van der Waals surface area contributed by atoms with Crippen LogP contribution in [-0.2, 0) is 0 Å². The molecule has 0 heterocycles. The third-order valence-electron chi connectivity index (χ3n) is 3.75. The van der Waals surface area contributed by atoms with E-state index in [0.29, 0.717) is 39.3 Å². The Morgan fingerprint density at radius 3 is 2.32 bits per heavy atom. The molecule has 132 valence electrons. The molecular formula is C19H20BrNO3S. The van der Waals surface area contributed by atoms with Gasteiger partial charge in [0.05, 0.1) is 11.6 Å². The summed E-state index contributed by atoms with van der Waals surface area (Å²) in [4.78, 5) is 27.7. The summed E-state index contributed by atoms with van der Waals surface area (Å²) in [6, 6.07) is 12.5. The molecule has 0 radical (unpaired) electrons. The highest BCUT2D eigenvalue weighted by atomic mass is 79.9. The molecule has 0 spiro atoms. The first-order valence-corrected chi connectivity index (χ1v) is 9.56. The third kappa shape index (κ3) is 4.64. The lowest BCUT2D eigenvalue weighted by atomic mass is 10.0. The van der Waals surface area contributed by atoms with Gasteiger partial charge in [0.2, 0.25) is 0 Å². The van der Waals surface area contributed by atoms with Gasteiger partial charge >= 0.3 is 0 Å². The summed E-state index contributed by atoms with van der Waals surface area (Å²) in [6.45, 7) is 5.12. The maximum atomic E-state index is 12.9. The number of benzene rings is 2. The van der Waals surface area contributed by atoms with Crippen LogP contribution in [0.3, 0.4) is 0 Å². The number of hydrogen-bond acceptors (Lipinski definition) is 4. The van der Waals surface area contributed by atoms with E-state index in [2.05, 4.69) is 15.9 Å². The first-order valence-electron chi connectivity index (χ1n) is 7.95. The van der Waals surface area contributed by atoms with E-state index in [1.165, 1.54) is 0 Å². The Hall–Kier alpha value is -1.79. The zero-order valence-electron chi connectivity index (χ0n) is 14.4.